The van der Waals surface area contributed by atoms with Crippen molar-refractivity contribution in [1.82, 2.24) is 9.13 Å². The van der Waals surface area contributed by atoms with Gasteiger partial charge in [-0.25, -0.2) is 0 Å². The van der Waals surface area contributed by atoms with Gasteiger partial charge in [0.15, 0.2) is 0 Å². The second-order valence-corrected chi connectivity index (χ2v) is 23.4. The molecule has 2 fully saturated rings. The molecule has 0 radical (unpaired) electrons. The van der Waals surface area contributed by atoms with Crippen LogP contribution in [0.1, 0.15) is 38.5 Å². The molecule has 2 aliphatic heterocycles. The van der Waals surface area contributed by atoms with Crippen LogP contribution in [0, 0.1) is 0 Å². The van der Waals surface area contributed by atoms with Crippen LogP contribution in [0.5, 0.6) is 0 Å². The molecule has 0 atom stereocenters. The Bertz CT molecular complexity index is 657. The Labute approximate surface area is 204 Å². The predicted molar refractivity (Wildman–Crippen MR) is 130 cm³/mol. The standard InChI is InChI=1S/2C11H18NSi.2CH3O.Hf/c2*1-13(2,11-7-3-4-8-11)12-9-5-6-10-12;2*1-2;/h2*3,7H,4-6,9-10H2,1-2H3;2*1H3;/q;;2*-1;+2. The third kappa shape index (κ3) is 6.16. The molecule has 0 amide bonds. The van der Waals surface area contributed by atoms with E-state index in [4.69, 9.17) is 10.2 Å². The summed E-state index contributed by atoms with van der Waals surface area (Å²) in [5.74, 6) is 0. The molecule has 0 aromatic heterocycles. The minimum atomic E-state index is -1.43. The van der Waals surface area contributed by atoms with Crippen LogP contribution in [-0.4, -0.2) is 66.0 Å². The van der Waals surface area contributed by atoms with Crippen molar-refractivity contribution in [2.45, 2.75) is 64.7 Å². The van der Waals surface area contributed by atoms with Crippen molar-refractivity contribution in [3.8, 4) is 0 Å². The summed E-state index contributed by atoms with van der Waals surface area (Å²) in [6, 6.07) is 0. The van der Waals surface area contributed by atoms with Gasteiger partial charge >= 0.3 is 181 Å². The molecule has 2 saturated heterocycles. The van der Waals surface area contributed by atoms with E-state index in [9.17, 15) is 0 Å². The van der Waals surface area contributed by atoms with Gasteiger partial charge in [0.25, 0.3) is 0 Å². The number of hydrogen-bond acceptors (Lipinski definition) is 4. The van der Waals surface area contributed by atoms with Crippen molar-refractivity contribution in [1.29, 1.82) is 0 Å². The van der Waals surface area contributed by atoms with E-state index in [0.29, 0.717) is 0 Å². The Morgan fingerprint density at radius 2 is 0.968 bits per heavy atom. The van der Waals surface area contributed by atoms with Crippen molar-refractivity contribution in [2.24, 2.45) is 0 Å². The van der Waals surface area contributed by atoms with Crippen LogP contribution in [0.15, 0.2) is 41.4 Å². The number of allylic oxidation sites excluding steroid dienone is 8. The van der Waals surface area contributed by atoms with E-state index in [1.807, 2.05) is 17.1 Å². The second kappa shape index (κ2) is 12.5. The SMILES string of the molecule is C[O-].C[O-].C[Si](C)(C1=[C]([Hf+2][C]2=C([Si](C)(C)N3CCCC3)C=CC2)CC=C1)N1CCCC1. The summed E-state index contributed by atoms with van der Waals surface area (Å²) in [6.07, 6.45) is 18.3. The summed E-state index contributed by atoms with van der Waals surface area (Å²) in [5.41, 5.74) is 0. The van der Waals surface area contributed by atoms with Gasteiger partial charge in [-0.15, -0.1) is 0 Å². The zero-order valence-electron chi connectivity index (χ0n) is 20.6. The van der Waals surface area contributed by atoms with Gasteiger partial charge in [-0.1, -0.05) is 0 Å². The molecule has 0 N–H and O–H groups in total. The average Bonchev–Trinajstić information content (AvgIpc) is 3.59. The van der Waals surface area contributed by atoms with E-state index in [2.05, 4.69) is 59.6 Å². The van der Waals surface area contributed by atoms with E-state index >= 15 is 0 Å². The van der Waals surface area contributed by atoms with Crippen LogP contribution in [0.4, 0.5) is 0 Å². The van der Waals surface area contributed by atoms with Crippen LogP contribution in [0.25, 0.3) is 0 Å². The average molecular weight is 625 g/mol. The molecular weight excluding hydrogens is 583 g/mol. The van der Waals surface area contributed by atoms with Crippen LogP contribution in [-0.2, 0) is 22.9 Å². The zero-order valence-corrected chi connectivity index (χ0v) is 26.2. The van der Waals surface area contributed by atoms with E-state index in [1.54, 1.807) is 0 Å². The Balaban J connectivity index is 0.000000807. The fourth-order valence-electron chi connectivity index (χ4n) is 5.47. The fourth-order valence-corrected chi connectivity index (χ4v) is 23.8. The Hall–Kier alpha value is 0.104. The molecule has 4 aliphatic rings. The first-order valence-corrected chi connectivity index (χ1v) is 21.3. The van der Waals surface area contributed by atoms with Gasteiger partial charge in [0, 0.05) is 0 Å². The zero-order chi connectivity index (χ0) is 23.1. The molecule has 172 valence electrons. The van der Waals surface area contributed by atoms with Gasteiger partial charge < -0.3 is 10.2 Å². The van der Waals surface area contributed by atoms with Gasteiger partial charge in [0.05, 0.1) is 0 Å². The molecule has 4 rings (SSSR count). The van der Waals surface area contributed by atoms with Crippen LogP contribution < -0.4 is 10.2 Å². The first-order valence-electron chi connectivity index (χ1n) is 11.8. The molecule has 0 aromatic rings. The number of hydrogen-bond donors (Lipinski definition) is 0. The van der Waals surface area contributed by atoms with Crippen LogP contribution >= 0.6 is 0 Å². The van der Waals surface area contributed by atoms with Gasteiger partial charge in [-0.2, -0.15) is 14.2 Å². The molecule has 0 bridgehead atoms. The number of nitrogens with zero attached hydrogens (tertiary/aromatic N) is 2. The maximum atomic E-state index is 8.25. The van der Waals surface area contributed by atoms with Crippen molar-refractivity contribution < 1.29 is 33.1 Å². The summed E-state index contributed by atoms with van der Waals surface area (Å²) in [4.78, 5) is 0. The Morgan fingerprint density at radius 1 is 0.645 bits per heavy atom. The van der Waals surface area contributed by atoms with E-state index in [1.165, 1.54) is 64.7 Å². The molecule has 0 aromatic carbocycles. The summed E-state index contributed by atoms with van der Waals surface area (Å²) < 4.78 is 9.65. The molecule has 2 aliphatic carbocycles. The Morgan fingerprint density at radius 3 is 1.29 bits per heavy atom. The van der Waals surface area contributed by atoms with Crippen molar-refractivity contribution >= 4 is 16.5 Å². The first-order chi connectivity index (χ1) is 14.9. The van der Waals surface area contributed by atoms with E-state index < -0.39 is 39.4 Å². The number of rotatable bonds is 6. The molecule has 2 heterocycles. The molecule has 0 spiro atoms. The van der Waals surface area contributed by atoms with Crippen molar-refractivity contribution in [3.63, 3.8) is 0 Å². The molecule has 0 saturated carbocycles. The van der Waals surface area contributed by atoms with E-state index in [0.717, 1.165) is 14.2 Å². The summed E-state index contributed by atoms with van der Waals surface area (Å²) in [6.45, 7) is 15.9. The Kier molecular flexibility index (Phi) is 11.1. The summed E-state index contributed by atoms with van der Waals surface area (Å²) >= 11 is -0.905. The summed E-state index contributed by atoms with van der Waals surface area (Å²) in [7, 11) is -1.37. The third-order valence-corrected chi connectivity index (χ3v) is 22.3. The van der Waals surface area contributed by atoms with Gasteiger partial charge in [-0.3, -0.25) is 0 Å². The summed E-state index contributed by atoms with van der Waals surface area (Å²) in [5, 5.41) is 20.2. The van der Waals surface area contributed by atoms with Gasteiger partial charge in [0.2, 0.25) is 0 Å². The predicted octanol–water partition coefficient (Wildman–Crippen LogP) is 3.13. The molecule has 4 nitrogen and oxygen atoms in total. The molecular formula is C24H42HfN2O2Si2. The van der Waals surface area contributed by atoms with Crippen LogP contribution in [0.3, 0.4) is 0 Å². The molecule has 31 heavy (non-hydrogen) atoms. The topological polar surface area (TPSA) is 52.6 Å². The normalized spacial score (nSPS) is 21.9. The quantitative estimate of drug-likeness (QED) is 0.427. The van der Waals surface area contributed by atoms with Crippen molar-refractivity contribution in [3.05, 3.63) is 41.4 Å². The first kappa shape index (κ1) is 27.3. The minimum absolute atomic E-state index is 0.750. The molecule has 0 unspecified atom stereocenters. The third-order valence-electron chi connectivity index (χ3n) is 7.28. The molecule has 7 heteroatoms. The fraction of sp³-hybridized carbons (Fsp3) is 0.667. The second-order valence-electron chi connectivity index (χ2n) is 9.63. The van der Waals surface area contributed by atoms with Crippen molar-refractivity contribution in [2.75, 3.05) is 40.4 Å². The van der Waals surface area contributed by atoms with Crippen LogP contribution in [0.2, 0.25) is 26.2 Å². The van der Waals surface area contributed by atoms with E-state index in [-0.39, 0.29) is 0 Å². The monoisotopic (exact) mass is 626 g/mol. The van der Waals surface area contributed by atoms with Gasteiger partial charge in [0.1, 0.15) is 0 Å². The maximum absolute atomic E-state index is 8.25. The van der Waals surface area contributed by atoms with Gasteiger partial charge in [-0.05, 0) is 0 Å².